The highest BCUT2D eigenvalue weighted by molar-refractivity contribution is 6.04. The van der Waals surface area contributed by atoms with Gasteiger partial charge in [0.2, 0.25) is 0 Å². The predicted molar refractivity (Wildman–Crippen MR) is 156 cm³/mol. The van der Waals surface area contributed by atoms with Gasteiger partial charge in [0.25, 0.3) is 0 Å². The van der Waals surface area contributed by atoms with Gasteiger partial charge in [0, 0.05) is 35.6 Å². The number of hydrogen-bond donors (Lipinski definition) is 3. The van der Waals surface area contributed by atoms with Crippen LogP contribution in [0.25, 0.3) is 27.5 Å². The molecule has 4 aliphatic rings. The molecule has 0 unspecified atom stereocenters. The van der Waals surface area contributed by atoms with E-state index < -0.39 is 0 Å². The van der Waals surface area contributed by atoms with Crippen LogP contribution >= 0.6 is 0 Å². The van der Waals surface area contributed by atoms with E-state index in [4.69, 9.17) is 9.98 Å². The molecule has 2 fully saturated rings. The fourth-order valence-corrected chi connectivity index (χ4v) is 6.40. The van der Waals surface area contributed by atoms with Crippen LogP contribution < -0.4 is 16.0 Å². The molecule has 3 N–H and O–H groups in total. The summed E-state index contributed by atoms with van der Waals surface area (Å²) in [6.45, 7) is 6.61. The number of allylic oxidation sites excluding steroid dienone is 1. The van der Waals surface area contributed by atoms with E-state index in [0.29, 0.717) is 12.1 Å². The summed E-state index contributed by atoms with van der Waals surface area (Å²) in [6, 6.07) is 21.2. The minimum Gasteiger partial charge on any atom is -0.342 e. The van der Waals surface area contributed by atoms with Crippen molar-refractivity contribution in [2.45, 2.75) is 63.6 Å². The van der Waals surface area contributed by atoms with Gasteiger partial charge in [-0.15, -0.1) is 0 Å². The third kappa shape index (κ3) is 4.20. The van der Waals surface area contributed by atoms with E-state index in [-0.39, 0.29) is 5.54 Å². The molecule has 0 spiro atoms. The van der Waals surface area contributed by atoms with Crippen LogP contribution in [0.3, 0.4) is 0 Å². The molecule has 0 aliphatic carbocycles. The molecule has 0 saturated carbocycles. The lowest BCUT2D eigenvalue weighted by Gasteiger charge is -2.33. The molecule has 5 nitrogen and oxygen atoms in total. The predicted octanol–water partition coefficient (Wildman–Crippen LogP) is 6.26. The van der Waals surface area contributed by atoms with Crippen LogP contribution in [0.2, 0.25) is 0 Å². The van der Waals surface area contributed by atoms with Crippen LogP contribution in [0.15, 0.2) is 70.8 Å². The topological polar surface area (TPSA) is 60.8 Å². The maximum absolute atomic E-state index is 5.08. The average Bonchev–Trinajstić information content (AvgIpc) is 3.69. The van der Waals surface area contributed by atoms with Crippen LogP contribution in [-0.4, -0.2) is 36.7 Å². The van der Waals surface area contributed by atoms with E-state index >= 15 is 0 Å². The number of aliphatic imine (C=N–C) groups is 2. The maximum Gasteiger partial charge on any atom is 0.119 e. The molecule has 2 atom stereocenters. The summed E-state index contributed by atoms with van der Waals surface area (Å²) in [4.78, 5) is 9.83. The zero-order valence-electron chi connectivity index (χ0n) is 21.8. The molecular formula is C32H35N5. The molecule has 0 amide bonds. The van der Waals surface area contributed by atoms with Crippen molar-refractivity contribution in [1.82, 2.24) is 10.6 Å². The van der Waals surface area contributed by atoms with Gasteiger partial charge in [0.15, 0.2) is 0 Å². The Bertz CT molecular complexity index is 1470. The Labute approximate surface area is 219 Å². The monoisotopic (exact) mass is 489 g/mol. The molecule has 188 valence electrons. The quantitative estimate of drug-likeness (QED) is 0.406. The second-order valence-corrected chi connectivity index (χ2v) is 11.5. The van der Waals surface area contributed by atoms with Gasteiger partial charge in [0.1, 0.15) is 5.84 Å². The van der Waals surface area contributed by atoms with Crippen molar-refractivity contribution in [3.05, 3.63) is 71.9 Å². The summed E-state index contributed by atoms with van der Waals surface area (Å²) in [6.07, 6.45) is 7.85. The van der Waals surface area contributed by atoms with Crippen LogP contribution in [0, 0.1) is 0 Å². The first kappa shape index (κ1) is 22.9. The fourth-order valence-electron chi connectivity index (χ4n) is 6.40. The molecule has 4 heterocycles. The van der Waals surface area contributed by atoms with Crippen LogP contribution in [0.4, 0.5) is 5.69 Å². The molecule has 0 aromatic heterocycles. The Hall–Kier alpha value is -3.28. The first-order chi connectivity index (χ1) is 18.0. The molecule has 37 heavy (non-hydrogen) atoms. The lowest BCUT2D eigenvalue weighted by atomic mass is 9.88. The summed E-state index contributed by atoms with van der Waals surface area (Å²) in [5.74, 6) is 1.08. The zero-order chi connectivity index (χ0) is 25.0. The van der Waals surface area contributed by atoms with Crippen molar-refractivity contribution in [2.75, 3.05) is 18.4 Å². The molecule has 3 aromatic carbocycles. The standard InChI is InChI=1S/C32H35N5/c1-32(2)26-12-11-24(17-29(26)36-31(37-32)28-6-4-14-34-28)22-8-7-21-16-23(10-9-20(21)15-22)25-18-30(35-19-25)27-5-3-13-33-27/h7-12,15-17,19,27-28,33-34H,3-6,13-14,18H2,1-2H3,(H,36,37)/t27-,28-/m0/s1. The minimum absolute atomic E-state index is 0.231. The summed E-state index contributed by atoms with van der Waals surface area (Å²) in [5, 5.41) is 13.4. The number of rotatable bonds is 4. The van der Waals surface area contributed by atoms with Crippen molar-refractivity contribution in [2.24, 2.45) is 9.98 Å². The number of amidine groups is 1. The molecule has 4 aliphatic heterocycles. The van der Waals surface area contributed by atoms with Gasteiger partial charge in [0.05, 0.1) is 11.6 Å². The molecule has 0 bridgehead atoms. The molecule has 2 saturated heterocycles. The molecule has 5 heteroatoms. The Kier molecular flexibility index (Phi) is 5.52. The van der Waals surface area contributed by atoms with Crippen LogP contribution in [0.5, 0.6) is 0 Å². The number of nitrogens with one attached hydrogen (secondary N) is 3. The van der Waals surface area contributed by atoms with Gasteiger partial charge in [-0.2, -0.15) is 0 Å². The SMILES string of the molecule is CC1(C)N=C([C@@H]2CCCN2)Nc2cc(-c3ccc4cc(C5=CN=C([C@@H]6CCCN6)C5)ccc4c3)ccc21. The van der Waals surface area contributed by atoms with Gasteiger partial charge < -0.3 is 16.0 Å². The van der Waals surface area contributed by atoms with Crippen LogP contribution in [-0.2, 0) is 5.54 Å². The highest BCUT2D eigenvalue weighted by Crippen LogP contribution is 2.39. The Morgan fingerprint density at radius 2 is 1.46 bits per heavy atom. The Morgan fingerprint density at radius 1 is 0.784 bits per heavy atom. The van der Waals surface area contributed by atoms with Crippen molar-refractivity contribution in [3.8, 4) is 11.1 Å². The lowest BCUT2D eigenvalue weighted by molar-refractivity contribution is 0.547. The fraction of sp³-hybridized carbons (Fsp3) is 0.375. The van der Waals surface area contributed by atoms with Crippen molar-refractivity contribution in [1.29, 1.82) is 0 Å². The van der Waals surface area contributed by atoms with E-state index in [9.17, 15) is 0 Å². The van der Waals surface area contributed by atoms with Gasteiger partial charge in [-0.3, -0.25) is 9.98 Å². The van der Waals surface area contributed by atoms with E-state index in [0.717, 1.165) is 31.8 Å². The van der Waals surface area contributed by atoms with Gasteiger partial charge in [-0.05, 0) is 104 Å². The van der Waals surface area contributed by atoms with Gasteiger partial charge in [-0.1, -0.05) is 36.4 Å². The van der Waals surface area contributed by atoms with Crippen molar-refractivity contribution < 1.29 is 0 Å². The number of fused-ring (bicyclic) bond motifs is 2. The highest BCUT2D eigenvalue weighted by atomic mass is 15.1. The smallest absolute Gasteiger partial charge is 0.119 e. The highest BCUT2D eigenvalue weighted by Gasteiger charge is 2.32. The third-order valence-electron chi connectivity index (χ3n) is 8.50. The van der Waals surface area contributed by atoms with E-state index in [1.807, 2.05) is 0 Å². The van der Waals surface area contributed by atoms with Crippen molar-refractivity contribution in [3.63, 3.8) is 0 Å². The summed E-state index contributed by atoms with van der Waals surface area (Å²) >= 11 is 0. The van der Waals surface area contributed by atoms with E-state index in [1.54, 1.807) is 0 Å². The minimum atomic E-state index is -0.231. The second kappa shape index (κ2) is 8.93. The Morgan fingerprint density at radius 3 is 2.22 bits per heavy atom. The first-order valence-corrected chi connectivity index (χ1v) is 13.8. The Balaban J connectivity index is 1.14. The van der Waals surface area contributed by atoms with Crippen LogP contribution in [0.1, 0.15) is 57.1 Å². The lowest BCUT2D eigenvalue weighted by Crippen LogP contribution is -2.40. The van der Waals surface area contributed by atoms with E-state index in [1.165, 1.54) is 69.3 Å². The van der Waals surface area contributed by atoms with E-state index in [2.05, 4.69) is 90.6 Å². The van der Waals surface area contributed by atoms with Crippen molar-refractivity contribution >= 4 is 33.6 Å². The normalized spacial score (nSPS) is 24.4. The maximum atomic E-state index is 5.08. The molecule has 7 rings (SSSR count). The summed E-state index contributed by atoms with van der Waals surface area (Å²) in [5.41, 5.74) is 8.57. The number of hydrogen-bond acceptors (Lipinski definition) is 5. The number of anilines is 1. The molecule has 0 radical (unpaired) electrons. The number of nitrogens with zero attached hydrogens (tertiary/aromatic N) is 2. The van der Waals surface area contributed by atoms with Gasteiger partial charge >= 0.3 is 0 Å². The van der Waals surface area contributed by atoms with Gasteiger partial charge in [-0.25, -0.2) is 0 Å². The summed E-state index contributed by atoms with van der Waals surface area (Å²) < 4.78 is 0. The largest absolute Gasteiger partial charge is 0.342 e. The summed E-state index contributed by atoms with van der Waals surface area (Å²) in [7, 11) is 0. The molecule has 3 aromatic rings. The number of benzene rings is 3. The molecular weight excluding hydrogens is 454 g/mol. The zero-order valence-corrected chi connectivity index (χ0v) is 21.8. The second-order valence-electron chi connectivity index (χ2n) is 11.5. The first-order valence-electron chi connectivity index (χ1n) is 13.8. The third-order valence-corrected chi connectivity index (χ3v) is 8.50. The average molecular weight is 490 g/mol.